The highest BCUT2D eigenvalue weighted by Gasteiger charge is 2.30. The van der Waals surface area contributed by atoms with Gasteiger partial charge in [0.15, 0.2) is 6.04 Å². The van der Waals surface area contributed by atoms with Crippen molar-refractivity contribution in [3.8, 4) is 0 Å². The number of hydrogen-bond acceptors (Lipinski definition) is 8. The van der Waals surface area contributed by atoms with Crippen LogP contribution in [0.15, 0.2) is 0 Å². The van der Waals surface area contributed by atoms with Crippen molar-refractivity contribution in [3.05, 3.63) is 0 Å². The highest BCUT2D eigenvalue weighted by Crippen LogP contribution is 1.96. The molecule has 0 bridgehead atoms. The van der Waals surface area contributed by atoms with E-state index in [4.69, 9.17) is 10.8 Å². The lowest BCUT2D eigenvalue weighted by Crippen LogP contribution is -2.59. The van der Waals surface area contributed by atoms with E-state index < -0.39 is 66.7 Å². The Bertz CT molecular complexity index is 525. The number of aliphatic carboxylic acids is 1. The topological polar surface area (TPSA) is 211 Å². The van der Waals surface area contributed by atoms with Gasteiger partial charge in [0.1, 0.15) is 18.1 Å². The molecule has 9 N–H and O–H groups in total. The van der Waals surface area contributed by atoms with E-state index in [1.54, 1.807) is 0 Å². The molecule has 12 nitrogen and oxygen atoms in total. The smallest absolute Gasteiger partial charge is 0.328 e. The average molecular weight is 378 g/mol. The van der Waals surface area contributed by atoms with Gasteiger partial charge in [-0.05, 0) is 20.8 Å². The van der Waals surface area contributed by atoms with Gasteiger partial charge in [-0.25, -0.2) is 4.79 Å². The van der Waals surface area contributed by atoms with Crippen LogP contribution in [0.2, 0.25) is 0 Å². The van der Waals surface area contributed by atoms with Crippen molar-refractivity contribution in [1.82, 2.24) is 16.0 Å². The zero-order valence-electron chi connectivity index (χ0n) is 14.7. The summed E-state index contributed by atoms with van der Waals surface area (Å²) in [7, 11) is 0. The molecule has 6 atom stereocenters. The quantitative estimate of drug-likeness (QED) is 0.184. The Balaban J connectivity index is 4.82. The summed E-state index contributed by atoms with van der Waals surface area (Å²) in [5.74, 6) is -4.16. The number of carboxylic acid groups (broad SMARTS) is 1. The molecule has 0 saturated carbocycles. The van der Waals surface area contributed by atoms with Gasteiger partial charge in [0, 0.05) is 0 Å². The lowest BCUT2D eigenvalue weighted by Gasteiger charge is -2.23. The zero-order chi connectivity index (χ0) is 20.6. The molecule has 0 aliphatic carbocycles. The highest BCUT2D eigenvalue weighted by atomic mass is 16.4. The molecule has 0 heterocycles. The van der Waals surface area contributed by atoms with Crippen LogP contribution in [0.25, 0.3) is 0 Å². The van der Waals surface area contributed by atoms with E-state index in [0.717, 1.165) is 0 Å². The summed E-state index contributed by atoms with van der Waals surface area (Å²) < 4.78 is 0. The Labute approximate surface area is 149 Å². The van der Waals surface area contributed by atoms with Crippen LogP contribution < -0.4 is 21.7 Å². The third-order valence-electron chi connectivity index (χ3n) is 3.44. The summed E-state index contributed by atoms with van der Waals surface area (Å²) >= 11 is 0. The fourth-order valence-electron chi connectivity index (χ4n) is 1.73. The van der Waals surface area contributed by atoms with Gasteiger partial charge in [-0.3, -0.25) is 14.4 Å². The van der Waals surface area contributed by atoms with Crippen LogP contribution in [0.3, 0.4) is 0 Å². The molecule has 0 aliphatic rings. The molecule has 150 valence electrons. The predicted octanol–water partition coefficient (Wildman–Crippen LogP) is -4.37. The van der Waals surface area contributed by atoms with Crippen molar-refractivity contribution < 1.29 is 39.6 Å². The van der Waals surface area contributed by atoms with E-state index in [2.05, 4.69) is 10.6 Å². The number of carboxylic acids is 1. The van der Waals surface area contributed by atoms with Gasteiger partial charge in [0.25, 0.3) is 0 Å². The first kappa shape index (κ1) is 23.7. The first-order chi connectivity index (χ1) is 11.9. The molecule has 0 saturated heterocycles. The maximum Gasteiger partial charge on any atom is 0.328 e. The number of aliphatic hydroxyl groups is 3. The molecule has 0 aromatic carbocycles. The van der Waals surface area contributed by atoms with Crippen molar-refractivity contribution >= 4 is 23.7 Å². The van der Waals surface area contributed by atoms with Crippen LogP contribution in [0.4, 0.5) is 0 Å². The third kappa shape index (κ3) is 7.31. The van der Waals surface area contributed by atoms with E-state index in [-0.39, 0.29) is 0 Å². The number of hydrogen-bond donors (Lipinski definition) is 8. The minimum atomic E-state index is -1.57. The van der Waals surface area contributed by atoms with E-state index >= 15 is 0 Å². The molecule has 0 fully saturated rings. The van der Waals surface area contributed by atoms with Crippen molar-refractivity contribution in [2.24, 2.45) is 5.73 Å². The standard InChI is InChI=1S/C14H26N4O8/c1-5(11(22)18-10(7(3)21)14(25)26)16-12(23)8(4-19)17-13(24)9(15)6(2)20/h5-10,19-21H,4,15H2,1-3H3,(H,16,23)(H,17,24)(H,18,22)(H,25,26). The first-order valence-electron chi connectivity index (χ1n) is 7.78. The minimum absolute atomic E-state index is 0.802. The molecule has 0 aliphatic heterocycles. The van der Waals surface area contributed by atoms with Gasteiger partial charge in [0.2, 0.25) is 17.7 Å². The van der Waals surface area contributed by atoms with Gasteiger partial charge >= 0.3 is 5.97 Å². The SMILES string of the molecule is CC(NC(=O)C(CO)NC(=O)C(N)C(C)O)C(=O)NC(C(=O)O)C(C)O. The molecular weight excluding hydrogens is 352 g/mol. The van der Waals surface area contributed by atoms with E-state index in [9.17, 15) is 34.5 Å². The lowest BCUT2D eigenvalue weighted by molar-refractivity contribution is -0.145. The Hall–Kier alpha value is -2.28. The Kier molecular flexibility index (Phi) is 9.72. The Morgan fingerprint density at radius 1 is 0.885 bits per heavy atom. The van der Waals surface area contributed by atoms with Crippen LogP contribution in [-0.2, 0) is 19.2 Å². The van der Waals surface area contributed by atoms with Gasteiger partial charge in [0.05, 0.1) is 18.8 Å². The van der Waals surface area contributed by atoms with Crippen molar-refractivity contribution in [3.63, 3.8) is 0 Å². The molecule has 6 unspecified atom stereocenters. The first-order valence-corrected chi connectivity index (χ1v) is 7.78. The van der Waals surface area contributed by atoms with Crippen molar-refractivity contribution in [2.45, 2.75) is 57.1 Å². The molecule has 0 radical (unpaired) electrons. The zero-order valence-corrected chi connectivity index (χ0v) is 14.7. The molecule has 0 aromatic heterocycles. The number of aliphatic hydroxyl groups excluding tert-OH is 3. The fourth-order valence-corrected chi connectivity index (χ4v) is 1.73. The largest absolute Gasteiger partial charge is 0.480 e. The van der Waals surface area contributed by atoms with Crippen molar-refractivity contribution in [1.29, 1.82) is 0 Å². The summed E-state index contributed by atoms with van der Waals surface area (Å²) in [5, 5.41) is 43.0. The molecule has 3 amide bonds. The Morgan fingerprint density at radius 3 is 1.81 bits per heavy atom. The lowest BCUT2D eigenvalue weighted by atomic mass is 10.1. The highest BCUT2D eigenvalue weighted by molar-refractivity contribution is 5.94. The van der Waals surface area contributed by atoms with Crippen LogP contribution in [0.1, 0.15) is 20.8 Å². The second-order valence-electron chi connectivity index (χ2n) is 5.81. The summed E-state index contributed by atoms with van der Waals surface area (Å²) in [6.45, 7) is 2.88. The van der Waals surface area contributed by atoms with Gasteiger partial charge in [-0.1, -0.05) is 0 Å². The van der Waals surface area contributed by atoms with Gasteiger partial charge in [-0.15, -0.1) is 0 Å². The second-order valence-corrected chi connectivity index (χ2v) is 5.81. The van der Waals surface area contributed by atoms with E-state index in [0.29, 0.717) is 0 Å². The number of nitrogens with two attached hydrogens (primary N) is 1. The summed E-state index contributed by atoms with van der Waals surface area (Å²) in [5.41, 5.74) is 5.41. The fraction of sp³-hybridized carbons (Fsp3) is 0.714. The molecule has 0 rings (SSSR count). The molecule has 0 aromatic rings. The molecule has 12 heteroatoms. The van der Waals surface area contributed by atoms with Gasteiger partial charge < -0.3 is 42.1 Å². The normalized spacial score (nSPS) is 17.8. The average Bonchev–Trinajstić information content (AvgIpc) is 2.54. The summed E-state index contributed by atoms with van der Waals surface area (Å²) in [6.07, 6.45) is -2.55. The number of amides is 3. The van der Waals surface area contributed by atoms with Crippen LogP contribution in [-0.4, -0.2) is 87.1 Å². The van der Waals surface area contributed by atoms with E-state index in [1.165, 1.54) is 20.8 Å². The maximum absolute atomic E-state index is 12.0. The predicted molar refractivity (Wildman–Crippen MR) is 87.5 cm³/mol. The minimum Gasteiger partial charge on any atom is -0.480 e. The second kappa shape index (κ2) is 10.7. The van der Waals surface area contributed by atoms with Crippen molar-refractivity contribution in [2.75, 3.05) is 6.61 Å². The van der Waals surface area contributed by atoms with E-state index in [1.807, 2.05) is 5.32 Å². The molecule has 0 spiro atoms. The van der Waals surface area contributed by atoms with Gasteiger partial charge in [-0.2, -0.15) is 0 Å². The third-order valence-corrected chi connectivity index (χ3v) is 3.44. The number of nitrogens with one attached hydrogen (secondary N) is 3. The van der Waals surface area contributed by atoms with Crippen LogP contribution in [0.5, 0.6) is 0 Å². The molecule has 26 heavy (non-hydrogen) atoms. The summed E-state index contributed by atoms with van der Waals surface area (Å²) in [4.78, 5) is 46.6. The summed E-state index contributed by atoms with van der Waals surface area (Å²) in [6, 6.07) is -5.55. The maximum atomic E-state index is 12.0. The number of carbonyl (C=O) groups is 4. The molecular formula is C14H26N4O8. The number of carbonyl (C=O) groups excluding carboxylic acids is 3. The monoisotopic (exact) mass is 378 g/mol. The number of rotatable bonds is 10. The van der Waals surface area contributed by atoms with Crippen LogP contribution in [0, 0.1) is 0 Å². The van der Waals surface area contributed by atoms with Crippen LogP contribution >= 0.6 is 0 Å². The Morgan fingerprint density at radius 2 is 1.42 bits per heavy atom.